The van der Waals surface area contributed by atoms with Crippen molar-refractivity contribution in [1.29, 1.82) is 0 Å². The van der Waals surface area contributed by atoms with E-state index in [1.54, 1.807) is 0 Å². The molecule has 2 heterocycles. The van der Waals surface area contributed by atoms with Crippen LogP contribution in [-0.4, -0.2) is 42.2 Å². The van der Waals surface area contributed by atoms with E-state index in [2.05, 4.69) is 24.3 Å². The number of ether oxygens (including phenoxy) is 2. The Balaban J connectivity index is 1.27. The first-order valence-electron chi connectivity index (χ1n) is 11.2. The van der Waals surface area contributed by atoms with Crippen LogP contribution in [0.3, 0.4) is 0 Å². The Hall–Kier alpha value is -3.02. The molecule has 5 rings (SSSR count). The third-order valence-electron chi connectivity index (χ3n) is 6.75. The molecule has 0 bridgehead atoms. The van der Waals surface area contributed by atoms with Gasteiger partial charge in [-0.3, -0.25) is 9.69 Å². The maximum absolute atomic E-state index is 11.0. The molecule has 2 aliphatic heterocycles. The van der Waals surface area contributed by atoms with E-state index in [1.807, 2.05) is 47.4 Å². The monoisotopic (exact) mass is 463 g/mol. The lowest BCUT2D eigenvalue weighted by Gasteiger charge is -2.37. The molecule has 33 heavy (non-hydrogen) atoms. The Labute approximate surface area is 198 Å². The van der Waals surface area contributed by atoms with E-state index >= 15 is 0 Å². The summed E-state index contributed by atoms with van der Waals surface area (Å²) in [6, 6.07) is 22.3. The molecule has 0 saturated carbocycles. The highest BCUT2D eigenvalue weighted by atomic mass is 35.5. The van der Waals surface area contributed by atoms with Crippen molar-refractivity contribution in [3.8, 4) is 22.6 Å². The van der Waals surface area contributed by atoms with Crippen molar-refractivity contribution in [2.24, 2.45) is 0 Å². The Morgan fingerprint density at radius 3 is 2.58 bits per heavy atom. The molecule has 5 nitrogen and oxygen atoms in total. The van der Waals surface area contributed by atoms with E-state index in [1.165, 1.54) is 5.56 Å². The average molecular weight is 464 g/mol. The molecule has 2 aliphatic rings. The van der Waals surface area contributed by atoms with Crippen molar-refractivity contribution in [2.75, 3.05) is 26.2 Å². The van der Waals surface area contributed by atoms with Crippen LogP contribution in [0.25, 0.3) is 11.1 Å². The minimum absolute atomic E-state index is 0.0316. The second kappa shape index (κ2) is 9.08. The van der Waals surface area contributed by atoms with Crippen molar-refractivity contribution in [3.63, 3.8) is 0 Å². The number of hydrogen-bond donors (Lipinski definition) is 1. The van der Waals surface area contributed by atoms with E-state index in [9.17, 15) is 4.79 Å². The Bertz CT molecular complexity index is 1160. The van der Waals surface area contributed by atoms with Crippen molar-refractivity contribution < 1.29 is 19.4 Å². The van der Waals surface area contributed by atoms with E-state index < -0.39 is 5.97 Å². The lowest BCUT2D eigenvalue weighted by atomic mass is 9.74. The number of piperidine rings is 1. The summed E-state index contributed by atoms with van der Waals surface area (Å²) in [5, 5.41) is 9.73. The third-order valence-corrected chi connectivity index (χ3v) is 7.12. The van der Waals surface area contributed by atoms with Crippen molar-refractivity contribution in [1.82, 2.24) is 4.90 Å². The van der Waals surface area contributed by atoms with Crippen LogP contribution in [0.5, 0.6) is 11.5 Å². The Morgan fingerprint density at radius 1 is 1.03 bits per heavy atom. The molecule has 0 amide bonds. The summed E-state index contributed by atoms with van der Waals surface area (Å²) >= 11 is 6.44. The van der Waals surface area contributed by atoms with Crippen LogP contribution in [0.15, 0.2) is 66.7 Å². The fourth-order valence-electron chi connectivity index (χ4n) is 4.84. The van der Waals surface area contributed by atoms with Crippen LogP contribution in [0.1, 0.15) is 24.0 Å². The highest BCUT2D eigenvalue weighted by Crippen LogP contribution is 2.46. The summed E-state index contributed by atoms with van der Waals surface area (Å²) < 4.78 is 12.1. The van der Waals surface area contributed by atoms with Gasteiger partial charge in [0.05, 0.1) is 13.2 Å². The van der Waals surface area contributed by atoms with Gasteiger partial charge in [-0.25, -0.2) is 0 Å². The second-order valence-corrected chi connectivity index (χ2v) is 9.26. The van der Waals surface area contributed by atoms with Crippen LogP contribution >= 0.6 is 11.6 Å². The highest BCUT2D eigenvalue weighted by Gasteiger charge is 2.43. The van der Waals surface area contributed by atoms with E-state index in [0.29, 0.717) is 18.2 Å². The number of halogens is 1. The first-order valence-corrected chi connectivity index (χ1v) is 11.6. The SMILES string of the molecule is O=C(O)CN1CCC2(CC1)COc1cc(OCc3cc(-c4ccccc4)ccc3Cl)ccc12. The number of rotatable bonds is 6. The normalized spacial score (nSPS) is 16.9. The molecule has 6 heteroatoms. The van der Waals surface area contributed by atoms with Crippen molar-refractivity contribution in [2.45, 2.75) is 24.9 Å². The largest absolute Gasteiger partial charge is 0.492 e. The van der Waals surface area contributed by atoms with Gasteiger partial charge in [0.2, 0.25) is 0 Å². The molecular formula is C27H26ClNO4. The van der Waals surface area contributed by atoms with Crippen molar-refractivity contribution in [3.05, 3.63) is 82.9 Å². The zero-order valence-corrected chi connectivity index (χ0v) is 19.1. The number of benzene rings is 3. The third kappa shape index (κ3) is 4.56. The Morgan fingerprint density at radius 2 is 1.82 bits per heavy atom. The van der Waals surface area contributed by atoms with E-state index in [4.69, 9.17) is 26.2 Å². The molecule has 3 aromatic carbocycles. The molecule has 1 saturated heterocycles. The predicted molar refractivity (Wildman–Crippen MR) is 128 cm³/mol. The number of nitrogens with zero attached hydrogens (tertiary/aromatic N) is 1. The molecule has 0 aliphatic carbocycles. The molecular weight excluding hydrogens is 438 g/mol. The minimum atomic E-state index is -0.773. The maximum Gasteiger partial charge on any atom is 0.317 e. The molecule has 0 radical (unpaired) electrons. The average Bonchev–Trinajstić information content (AvgIpc) is 3.18. The summed E-state index contributed by atoms with van der Waals surface area (Å²) in [5.41, 5.74) is 4.35. The number of fused-ring (bicyclic) bond motifs is 2. The number of hydrogen-bond acceptors (Lipinski definition) is 4. The summed E-state index contributed by atoms with van der Waals surface area (Å²) in [6.07, 6.45) is 1.80. The van der Waals surface area contributed by atoms with Gasteiger partial charge in [0, 0.05) is 27.6 Å². The smallest absolute Gasteiger partial charge is 0.317 e. The molecule has 3 aromatic rings. The fraction of sp³-hybridized carbons (Fsp3) is 0.296. The van der Waals surface area contributed by atoms with Crippen LogP contribution in [0.4, 0.5) is 0 Å². The van der Waals surface area contributed by atoms with Crippen LogP contribution in [0.2, 0.25) is 5.02 Å². The molecule has 0 aromatic heterocycles. The van der Waals surface area contributed by atoms with Gasteiger partial charge in [-0.2, -0.15) is 0 Å². The van der Waals surface area contributed by atoms with Gasteiger partial charge in [0.15, 0.2) is 0 Å². The van der Waals surface area contributed by atoms with Crippen LogP contribution in [-0.2, 0) is 16.8 Å². The van der Waals surface area contributed by atoms with Gasteiger partial charge in [0.25, 0.3) is 0 Å². The quantitative estimate of drug-likeness (QED) is 0.530. The topological polar surface area (TPSA) is 59.0 Å². The summed E-state index contributed by atoms with van der Waals surface area (Å²) in [6.45, 7) is 2.64. The minimum Gasteiger partial charge on any atom is -0.492 e. The zero-order chi connectivity index (χ0) is 22.8. The molecule has 1 fully saturated rings. The van der Waals surface area contributed by atoms with E-state index in [0.717, 1.165) is 54.1 Å². The van der Waals surface area contributed by atoms with Gasteiger partial charge in [0.1, 0.15) is 18.1 Å². The highest BCUT2D eigenvalue weighted by molar-refractivity contribution is 6.31. The first kappa shape index (κ1) is 21.8. The van der Waals surface area contributed by atoms with Gasteiger partial charge in [-0.1, -0.05) is 54.1 Å². The number of aliphatic carboxylic acids is 1. The van der Waals surface area contributed by atoms with E-state index in [-0.39, 0.29) is 12.0 Å². The van der Waals surface area contributed by atoms with Gasteiger partial charge in [-0.05, 0) is 55.3 Å². The summed E-state index contributed by atoms with van der Waals surface area (Å²) in [7, 11) is 0. The predicted octanol–water partition coefficient (Wildman–Crippen LogP) is 5.40. The lowest BCUT2D eigenvalue weighted by Crippen LogP contribution is -2.45. The number of carbonyl (C=O) groups is 1. The van der Waals surface area contributed by atoms with Gasteiger partial charge in [-0.15, -0.1) is 0 Å². The Kier molecular flexibility index (Phi) is 6.00. The fourth-order valence-corrected chi connectivity index (χ4v) is 5.02. The molecule has 1 spiro atoms. The second-order valence-electron chi connectivity index (χ2n) is 8.86. The maximum atomic E-state index is 11.0. The van der Waals surface area contributed by atoms with Crippen LogP contribution in [0, 0.1) is 0 Å². The molecule has 0 unspecified atom stereocenters. The first-order chi connectivity index (χ1) is 16.0. The van der Waals surface area contributed by atoms with Crippen LogP contribution < -0.4 is 9.47 Å². The van der Waals surface area contributed by atoms with Gasteiger partial charge >= 0.3 is 5.97 Å². The molecule has 0 atom stereocenters. The zero-order valence-electron chi connectivity index (χ0n) is 18.3. The standard InChI is InChI=1S/C27H26ClNO4/c28-24-9-6-20(19-4-2-1-3-5-19)14-21(24)17-32-22-7-8-23-25(15-22)33-18-27(23)10-12-29(13-11-27)16-26(30)31/h1-9,14-15H,10-13,16-18H2,(H,30,31). The number of carboxylic acid groups (broad SMARTS) is 1. The lowest BCUT2D eigenvalue weighted by molar-refractivity contribution is -0.138. The van der Waals surface area contributed by atoms with Gasteiger partial charge < -0.3 is 14.6 Å². The molecule has 170 valence electrons. The molecule has 1 N–H and O–H groups in total. The number of likely N-dealkylation sites (tertiary alicyclic amines) is 1. The summed E-state index contributed by atoms with van der Waals surface area (Å²) in [4.78, 5) is 13.0. The number of carboxylic acids is 1. The van der Waals surface area contributed by atoms with Crippen molar-refractivity contribution >= 4 is 17.6 Å². The summed E-state index contributed by atoms with van der Waals surface area (Å²) in [5.74, 6) is 0.837.